The summed E-state index contributed by atoms with van der Waals surface area (Å²) in [5.41, 5.74) is 1.04. The number of hydrogen-bond acceptors (Lipinski definition) is 10. The van der Waals surface area contributed by atoms with Crippen LogP contribution in [0.5, 0.6) is 0 Å². The van der Waals surface area contributed by atoms with E-state index in [4.69, 9.17) is 17.3 Å². The zero-order chi connectivity index (χ0) is 48.9. The summed E-state index contributed by atoms with van der Waals surface area (Å²) in [7, 11) is 9.91. The number of likely N-dealkylation sites (N-methyl/N-ethyl adjacent to an activating group) is 1. The molecule has 3 amide bonds. The number of rotatable bonds is 27. The van der Waals surface area contributed by atoms with Gasteiger partial charge in [-0.25, -0.2) is 9.36 Å². The first kappa shape index (κ1) is 53.9. The molecule has 2 aromatic heterocycles. The normalized spacial score (nSPS) is 16.3. The smallest absolute Gasteiger partial charge is 0.330 e. The first-order valence-electron chi connectivity index (χ1n) is 22.8. The maximum atomic E-state index is 13.7. The molecule has 3 N–H and O–H groups in total. The molecule has 67 heavy (non-hydrogen) atoms. The van der Waals surface area contributed by atoms with Crippen molar-refractivity contribution in [1.29, 1.82) is 0 Å². The number of nitrogens with one attached hydrogen (secondary N) is 3. The number of thioether (sulfide) groups is 1. The number of ether oxygens (including phenoxy) is 2. The summed E-state index contributed by atoms with van der Waals surface area (Å²) in [5, 5.41) is 6.87. The van der Waals surface area contributed by atoms with Gasteiger partial charge in [0, 0.05) is 76.1 Å². The second kappa shape index (κ2) is 27.2. The van der Waals surface area contributed by atoms with Crippen LogP contribution in [0.15, 0.2) is 112 Å². The lowest BCUT2D eigenvalue weighted by molar-refractivity contribution is -0.644. The van der Waals surface area contributed by atoms with Crippen LogP contribution in [0.4, 0.5) is 0 Å². The van der Waals surface area contributed by atoms with Gasteiger partial charge in [-0.3, -0.25) is 33.6 Å². The van der Waals surface area contributed by atoms with Crippen molar-refractivity contribution in [2.45, 2.75) is 71.0 Å². The first-order chi connectivity index (χ1) is 32.1. The third-order valence-electron chi connectivity index (χ3n) is 11.0. The lowest BCUT2D eigenvalue weighted by Gasteiger charge is -2.29. The number of carbonyl (C=O) groups excluding carboxylic acids is 3. The van der Waals surface area contributed by atoms with E-state index in [1.165, 1.54) is 39.6 Å². The molecule has 1 aliphatic rings. The molecule has 2 radical (unpaired) electrons. The summed E-state index contributed by atoms with van der Waals surface area (Å²) in [5.74, 6) is -0.913. The highest BCUT2D eigenvalue weighted by Gasteiger charge is 2.28. The van der Waals surface area contributed by atoms with E-state index in [0.29, 0.717) is 52.1 Å². The standard InChI is InChI=1S/C50H67BN8O7S/c1-9-12-15-29-58(46(67-37(4)5)20-16-17-38-25-30-55(7)42-19-14-13-18-41(38)42)34-43(60)52-27-31-57(32-28-53-48(63)50(6,51)26-10-2)36-56(8)44(61)23-21-39-33-59(49(64)54-47(39)62)45-24-22-40(66-45)35-65-11-3/h9,12-21,23,25,30,33,40,45H,1,4,10-11,22,24,26-29,31-32,34-36H2,2-3,5-8H3,(H2-,52,53,54,60,62,63,64)/p+1/b15-12-,23-21+. The molecular formula is C50H68BN8O7S+. The molecular weight excluding hydrogens is 867 g/mol. The van der Waals surface area contributed by atoms with E-state index in [-0.39, 0.29) is 49.8 Å². The van der Waals surface area contributed by atoms with Crippen molar-refractivity contribution in [3.63, 3.8) is 0 Å². The Kier molecular flexibility index (Phi) is 21.8. The van der Waals surface area contributed by atoms with Gasteiger partial charge in [-0.2, -0.15) is 0 Å². The van der Waals surface area contributed by atoms with E-state index >= 15 is 0 Å². The summed E-state index contributed by atoms with van der Waals surface area (Å²) < 4.78 is 14.9. The summed E-state index contributed by atoms with van der Waals surface area (Å²) in [6.07, 6.45) is 19.3. The van der Waals surface area contributed by atoms with E-state index in [2.05, 4.69) is 57.6 Å². The van der Waals surface area contributed by atoms with Crippen LogP contribution in [-0.4, -0.2) is 122 Å². The van der Waals surface area contributed by atoms with Crippen molar-refractivity contribution in [2.75, 3.05) is 66.2 Å². The lowest BCUT2D eigenvalue weighted by atomic mass is 9.67. The van der Waals surface area contributed by atoms with Gasteiger partial charge in [-0.15, -0.1) is 0 Å². The van der Waals surface area contributed by atoms with Crippen LogP contribution < -0.4 is 26.4 Å². The fourth-order valence-electron chi connectivity index (χ4n) is 7.42. The number of nitrogens with zero attached hydrogens (tertiary/aromatic N) is 5. The Morgan fingerprint density at radius 3 is 2.55 bits per heavy atom. The molecule has 1 aliphatic heterocycles. The largest absolute Gasteiger partial charge is 0.379 e. The molecule has 15 nitrogen and oxygen atoms in total. The topological polar surface area (TPSA) is 162 Å². The number of benzene rings is 1. The van der Waals surface area contributed by atoms with Crippen LogP contribution in [-0.2, 0) is 30.9 Å². The predicted molar refractivity (Wildman–Crippen MR) is 270 cm³/mol. The van der Waals surface area contributed by atoms with E-state index in [9.17, 15) is 24.0 Å². The third kappa shape index (κ3) is 17.1. The Labute approximate surface area is 400 Å². The molecule has 3 heterocycles. The Balaban J connectivity index is 1.46. The average molecular weight is 936 g/mol. The van der Waals surface area contributed by atoms with Crippen LogP contribution in [0.3, 0.4) is 0 Å². The van der Waals surface area contributed by atoms with Gasteiger partial charge in [-0.05, 0) is 61.8 Å². The Morgan fingerprint density at radius 2 is 1.84 bits per heavy atom. The number of hydrogen-bond donors (Lipinski definition) is 3. The summed E-state index contributed by atoms with van der Waals surface area (Å²) in [6, 6.07) is 10.3. The van der Waals surface area contributed by atoms with Crippen LogP contribution in [0.1, 0.15) is 70.7 Å². The van der Waals surface area contributed by atoms with E-state index in [1.807, 2.05) is 80.3 Å². The molecule has 1 aromatic carbocycles. The minimum Gasteiger partial charge on any atom is -0.379 e. The van der Waals surface area contributed by atoms with Crippen LogP contribution in [0.25, 0.3) is 23.1 Å². The number of aryl methyl sites for hydroxylation is 1. The van der Waals surface area contributed by atoms with Crippen molar-refractivity contribution in [2.24, 2.45) is 7.05 Å². The fraction of sp³-hybridized carbons (Fsp3) is 0.440. The SMILES string of the molecule is [B]C(C)(CCC)C(=O)NCCN(CCNC(=O)CN(C/C=C\C=C)/C(=C/C=C/c1cc[n+](C)c2ccccc12)SC(=C)C)CN(C)C(=O)/C=C/c1cn(C2CCC(COCC)O2)c(=O)[nH]c1=O. The number of aromatic nitrogens is 3. The molecule has 0 aliphatic carbocycles. The van der Waals surface area contributed by atoms with E-state index in [0.717, 1.165) is 32.8 Å². The van der Waals surface area contributed by atoms with E-state index in [1.54, 1.807) is 20.0 Å². The Bertz CT molecular complexity index is 2430. The van der Waals surface area contributed by atoms with Gasteiger partial charge < -0.3 is 29.9 Å². The molecule has 17 heteroatoms. The minimum absolute atomic E-state index is 0.0461. The molecule has 4 rings (SSSR count). The summed E-state index contributed by atoms with van der Waals surface area (Å²) >= 11 is 1.47. The number of H-pyrrole nitrogens is 1. The maximum absolute atomic E-state index is 13.7. The maximum Gasteiger partial charge on any atom is 0.330 e. The number of carbonyl (C=O) groups is 3. The molecule has 3 unspecified atom stereocenters. The van der Waals surface area contributed by atoms with Crippen molar-refractivity contribution < 1.29 is 28.4 Å². The molecule has 1 fully saturated rings. The number of pyridine rings is 1. The molecule has 3 atom stereocenters. The van der Waals surface area contributed by atoms with Gasteiger partial charge in [0.05, 0.1) is 49.7 Å². The van der Waals surface area contributed by atoms with Crippen molar-refractivity contribution >= 4 is 60.4 Å². The van der Waals surface area contributed by atoms with Gasteiger partial charge in [-0.1, -0.05) is 87.7 Å². The van der Waals surface area contributed by atoms with Crippen LogP contribution in [0.2, 0.25) is 5.31 Å². The monoisotopic (exact) mass is 936 g/mol. The van der Waals surface area contributed by atoms with Crippen LogP contribution >= 0.6 is 11.8 Å². The molecule has 0 bridgehead atoms. The highest BCUT2D eigenvalue weighted by molar-refractivity contribution is 8.06. The van der Waals surface area contributed by atoms with Gasteiger partial charge in [0.15, 0.2) is 6.20 Å². The quantitative estimate of drug-likeness (QED) is 0.0305. The second-order valence-electron chi connectivity index (χ2n) is 16.7. The second-order valence-corrected chi connectivity index (χ2v) is 18.0. The summed E-state index contributed by atoms with van der Waals surface area (Å²) in [6.45, 7) is 18.1. The third-order valence-corrected chi connectivity index (χ3v) is 11.9. The number of para-hydroxylation sites is 1. The van der Waals surface area contributed by atoms with Crippen molar-refractivity contribution in [1.82, 2.24) is 34.9 Å². The zero-order valence-corrected chi connectivity index (χ0v) is 40.8. The summed E-state index contributed by atoms with van der Waals surface area (Å²) in [4.78, 5) is 74.1. The van der Waals surface area contributed by atoms with Gasteiger partial charge in [0.1, 0.15) is 13.3 Å². The van der Waals surface area contributed by atoms with Crippen LogP contribution in [0, 0.1) is 0 Å². The number of fused-ring (bicyclic) bond motifs is 1. The number of amides is 3. The lowest BCUT2D eigenvalue weighted by Crippen LogP contribution is -2.47. The minimum atomic E-state index is -1.03. The predicted octanol–water partition coefficient (Wildman–Crippen LogP) is 5.20. The number of aromatic amines is 1. The Hall–Kier alpha value is -5.75. The molecule has 358 valence electrons. The highest BCUT2D eigenvalue weighted by Crippen LogP contribution is 2.29. The number of allylic oxidation sites excluding steroid dienone is 5. The first-order valence-corrected chi connectivity index (χ1v) is 23.6. The fourth-order valence-corrected chi connectivity index (χ4v) is 8.19. The molecule has 0 spiro atoms. The van der Waals surface area contributed by atoms with Gasteiger partial charge >= 0.3 is 5.69 Å². The van der Waals surface area contributed by atoms with Crippen molar-refractivity contribution in [3.8, 4) is 0 Å². The van der Waals surface area contributed by atoms with Gasteiger partial charge in [0.25, 0.3) is 5.56 Å². The Morgan fingerprint density at radius 1 is 1.09 bits per heavy atom. The highest BCUT2D eigenvalue weighted by atomic mass is 32.2. The molecule has 1 saturated heterocycles. The molecule has 3 aromatic rings. The van der Waals surface area contributed by atoms with Crippen molar-refractivity contribution in [3.05, 3.63) is 134 Å². The average Bonchev–Trinajstić information content (AvgIpc) is 3.76. The molecule has 0 saturated carbocycles. The van der Waals surface area contributed by atoms with E-state index < -0.39 is 28.7 Å². The zero-order valence-electron chi connectivity index (χ0n) is 40.0. The van der Waals surface area contributed by atoms with Gasteiger partial charge in [0.2, 0.25) is 23.2 Å².